The van der Waals surface area contributed by atoms with Gasteiger partial charge in [0.2, 0.25) is 6.79 Å². The van der Waals surface area contributed by atoms with Crippen LogP contribution in [0.5, 0.6) is 17.2 Å². The van der Waals surface area contributed by atoms with Crippen LogP contribution in [0.4, 0.5) is 0 Å². The minimum atomic E-state index is -0.454. The number of amides is 1. The number of carbonyl (C=O) groups is 1. The summed E-state index contributed by atoms with van der Waals surface area (Å²) in [5.41, 5.74) is 1.53. The molecule has 0 bridgehead atoms. The molecule has 0 saturated heterocycles. The van der Waals surface area contributed by atoms with Crippen molar-refractivity contribution < 1.29 is 19.0 Å². The van der Waals surface area contributed by atoms with Crippen LogP contribution in [0.2, 0.25) is 0 Å². The molecule has 9 nitrogen and oxygen atoms in total. The van der Waals surface area contributed by atoms with Gasteiger partial charge in [-0.15, -0.1) is 0 Å². The Bertz CT molecular complexity index is 1550. The fraction of sp³-hybridized carbons (Fsp3) is 0.192. The van der Waals surface area contributed by atoms with E-state index >= 15 is 0 Å². The van der Waals surface area contributed by atoms with Crippen molar-refractivity contribution in [3.63, 3.8) is 0 Å². The maximum absolute atomic E-state index is 13.3. The van der Waals surface area contributed by atoms with Crippen LogP contribution in [-0.2, 0) is 20.1 Å². The van der Waals surface area contributed by atoms with Gasteiger partial charge in [0, 0.05) is 19.2 Å². The molecule has 0 radical (unpaired) electrons. The van der Waals surface area contributed by atoms with E-state index in [1.165, 1.54) is 15.2 Å². The zero-order valence-corrected chi connectivity index (χ0v) is 19.2. The first-order valence-corrected chi connectivity index (χ1v) is 11.0. The highest BCUT2D eigenvalue weighted by molar-refractivity contribution is 5.97. The van der Waals surface area contributed by atoms with Gasteiger partial charge in [-0.1, -0.05) is 18.2 Å². The highest BCUT2D eigenvalue weighted by Crippen LogP contribution is 2.32. The lowest BCUT2D eigenvalue weighted by molar-refractivity contribution is 0.0951. The highest BCUT2D eigenvalue weighted by Gasteiger charge is 2.16. The standard InChI is InChI=1S/C26H23N3O6/c1-28-21-9-6-18(24(30)27-13-17-5-10-22-23(11-17)35-15-34-22)12-20(21)25(31)29(26(28)32)14-16-3-7-19(33-2)8-4-16/h3-12H,13-15H2,1-2H3,(H,27,30). The second-order valence-corrected chi connectivity index (χ2v) is 8.18. The molecule has 35 heavy (non-hydrogen) atoms. The summed E-state index contributed by atoms with van der Waals surface area (Å²) in [4.78, 5) is 39.0. The summed E-state index contributed by atoms with van der Waals surface area (Å²) >= 11 is 0. The van der Waals surface area contributed by atoms with E-state index in [0.29, 0.717) is 28.3 Å². The van der Waals surface area contributed by atoms with E-state index in [4.69, 9.17) is 14.2 Å². The van der Waals surface area contributed by atoms with Crippen molar-refractivity contribution in [3.8, 4) is 17.2 Å². The number of methoxy groups -OCH3 is 1. The maximum Gasteiger partial charge on any atom is 0.331 e. The predicted molar refractivity (Wildman–Crippen MR) is 129 cm³/mol. The minimum Gasteiger partial charge on any atom is -0.497 e. The quantitative estimate of drug-likeness (QED) is 0.462. The number of carbonyl (C=O) groups excluding carboxylic acids is 1. The van der Waals surface area contributed by atoms with Crippen molar-refractivity contribution in [2.24, 2.45) is 7.05 Å². The van der Waals surface area contributed by atoms with Gasteiger partial charge in [0.05, 0.1) is 24.6 Å². The Balaban J connectivity index is 1.42. The molecule has 9 heteroatoms. The monoisotopic (exact) mass is 473 g/mol. The third kappa shape index (κ3) is 4.23. The highest BCUT2D eigenvalue weighted by atomic mass is 16.7. The fourth-order valence-electron chi connectivity index (χ4n) is 4.05. The van der Waals surface area contributed by atoms with Crippen molar-refractivity contribution in [1.29, 1.82) is 0 Å². The normalized spacial score (nSPS) is 12.1. The van der Waals surface area contributed by atoms with E-state index in [9.17, 15) is 14.4 Å². The number of fused-ring (bicyclic) bond motifs is 2. The van der Waals surface area contributed by atoms with E-state index in [1.54, 1.807) is 56.6 Å². The van der Waals surface area contributed by atoms with E-state index in [-0.39, 0.29) is 31.2 Å². The van der Waals surface area contributed by atoms with Gasteiger partial charge in [0.1, 0.15) is 5.75 Å². The van der Waals surface area contributed by atoms with Crippen LogP contribution in [0.1, 0.15) is 21.5 Å². The number of nitrogens with zero attached hydrogens (tertiary/aromatic N) is 2. The Kier molecular flexibility index (Phi) is 5.74. The van der Waals surface area contributed by atoms with E-state index in [1.807, 2.05) is 12.1 Å². The molecule has 0 unspecified atom stereocenters. The predicted octanol–water partition coefficient (Wildman–Crippen LogP) is 2.42. The summed E-state index contributed by atoms with van der Waals surface area (Å²) in [5, 5.41) is 3.15. The molecule has 2 heterocycles. The fourth-order valence-corrected chi connectivity index (χ4v) is 4.05. The number of aryl methyl sites for hydroxylation is 1. The Morgan fingerprint density at radius 1 is 0.971 bits per heavy atom. The molecule has 5 rings (SSSR count). The number of nitrogens with one attached hydrogen (secondary N) is 1. The Hall–Kier alpha value is -4.53. The minimum absolute atomic E-state index is 0.103. The maximum atomic E-state index is 13.3. The molecule has 3 aromatic carbocycles. The first-order chi connectivity index (χ1) is 16.9. The van der Waals surface area contributed by atoms with Crippen molar-refractivity contribution in [2.75, 3.05) is 13.9 Å². The second kappa shape index (κ2) is 9.02. The zero-order valence-electron chi connectivity index (χ0n) is 19.2. The van der Waals surface area contributed by atoms with Gasteiger partial charge in [0.15, 0.2) is 11.5 Å². The zero-order chi connectivity index (χ0) is 24.5. The molecule has 4 aromatic rings. The average Bonchev–Trinajstić information content (AvgIpc) is 3.36. The Morgan fingerprint density at radius 2 is 1.71 bits per heavy atom. The lowest BCUT2D eigenvalue weighted by atomic mass is 10.1. The molecule has 178 valence electrons. The molecule has 1 N–H and O–H groups in total. The first kappa shape index (κ1) is 22.3. The van der Waals surface area contributed by atoms with Gasteiger partial charge < -0.3 is 19.5 Å². The van der Waals surface area contributed by atoms with Crippen LogP contribution in [0.3, 0.4) is 0 Å². The van der Waals surface area contributed by atoms with Crippen LogP contribution in [-0.4, -0.2) is 28.9 Å². The number of ether oxygens (including phenoxy) is 3. The van der Waals surface area contributed by atoms with Gasteiger partial charge in [-0.3, -0.25) is 18.7 Å². The third-order valence-corrected chi connectivity index (χ3v) is 6.00. The summed E-state index contributed by atoms with van der Waals surface area (Å²) < 4.78 is 18.4. The van der Waals surface area contributed by atoms with Crippen LogP contribution in [0.25, 0.3) is 10.9 Å². The smallest absolute Gasteiger partial charge is 0.331 e. The van der Waals surface area contributed by atoms with Gasteiger partial charge >= 0.3 is 5.69 Å². The van der Waals surface area contributed by atoms with Crippen LogP contribution in [0, 0.1) is 0 Å². The third-order valence-electron chi connectivity index (χ3n) is 6.00. The number of aromatic nitrogens is 2. The van der Waals surface area contributed by atoms with Crippen molar-refractivity contribution >= 4 is 16.8 Å². The largest absolute Gasteiger partial charge is 0.497 e. The van der Waals surface area contributed by atoms with Crippen molar-refractivity contribution in [2.45, 2.75) is 13.1 Å². The van der Waals surface area contributed by atoms with Gasteiger partial charge in [-0.05, 0) is 53.6 Å². The molecule has 0 aliphatic carbocycles. The Morgan fingerprint density at radius 3 is 2.49 bits per heavy atom. The van der Waals surface area contributed by atoms with E-state index in [0.717, 1.165) is 11.1 Å². The lowest BCUT2D eigenvalue weighted by Crippen LogP contribution is -2.39. The van der Waals surface area contributed by atoms with E-state index < -0.39 is 11.2 Å². The van der Waals surface area contributed by atoms with Gasteiger partial charge in [0.25, 0.3) is 11.5 Å². The van der Waals surface area contributed by atoms with Gasteiger partial charge in [-0.25, -0.2) is 4.79 Å². The van der Waals surface area contributed by atoms with Crippen molar-refractivity contribution in [1.82, 2.24) is 14.5 Å². The molecule has 0 saturated carbocycles. The summed E-state index contributed by atoms with van der Waals surface area (Å²) in [6.07, 6.45) is 0. The topological polar surface area (TPSA) is 101 Å². The van der Waals surface area contributed by atoms with Crippen LogP contribution >= 0.6 is 0 Å². The second-order valence-electron chi connectivity index (χ2n) is 8.18. The number of hydrogen-bond donors (Lipinski definition) is 1. The molecule has 1 aromatic heterocycles. The average molecular weight is 473 g/mol. The summed E-state index contributed by atoms with van der Waals surface area (Å²) in [5.74, 6) is 1.66. The molecule has 0 atom stereocenters. The molecule has 1 aliphatic heterocycles. The number of benzene rings is 3. The van der Waals surface area contributed by atoms with Crippen molar-refractivity contribution in [3.05, 3.63) is 98.2 Å². The molecular formula is C26H23N3O6. The van der Waals surface area contributed by atoms with Crippen LogP contribution < -0.4 is 30.8 Å². The molecule has 0 fully saturated rings. The lowest BCUT2D eigenvalue weighted by Gasteiger charge is -2.12. The number of hydrogen-bond acceptors (Lipinski definition) is 6. The molecule has 1 amide bonds. The SMILES string of the molecule is COc1ccc(Cn2c(=O)c3cc(C(=O)NCc4ccc5c(c4)OCO5)ccc3n(C)c2=O)cc1. The van der Waals surface area contributed by atoms with Crippen LogP contribution in [0.15, 0.2) is 70.3 Å². The summed E-state index contributed by atoms with van der Waals surface area (Å²) in [7, 11) is 3.18. The summed E-state index contributed by atoms with van der Waals surface area (Å²) in [6.45, 7) is 0.565. The number of rotatable bonds is 6. The summed E-state index contributed by atoms with van der Waals surface area (Å²) in [6, 6.07) is 17.3. The molecular weight excluding hydrogens is 450 g/mol. The Labute approximate surface area is 200 Å². The molecule has 0 spiro atoms. The van der Waals surface area contributed by atoms with Gasteiger partial charge in [-0.2, -0.15) is 0 Å². The first-order valence-electron chi connectivity index (χ1n) is 11.0. The molecule has 1 aliphatic rings. The van der Waals surface area contributed by atoms with E-state index in [2.05, 4.69) is 5.32 Å².